The van der Waals surface area contributed by atoms with Gasteiger partial charge in [0.05, 0.1) is 24.2 Å². The molecule has 1 aliphatic heterocycles. The van der Waals surface area contributed by atoms with Gasteiger partial charge in [-0.25, -0.2) is 4.39 Å². The summed E-state index contributed by atoms with van der Waals surface area (Å²) in [7, 11) is 0. The highest BCUT2D eigenvalue weighted by atomic mass is 19.1. The number of hydrogen-bond acceptors (Lipinski definition) is 3. The largest absolute Gasteiger partial charge is 0.379 e. The lowest BCUT2D eigenvalue weighted by Crippen LogP contribution is -2.44. The van der Waals surface area contributed by atoms with Crippen molar-refractivity contribution in [2.24, 2.45) is 0 Å². The molecule has 1 aromatic carbocycles. The summed E-state index contributed by atoms with van der Waals surface area (Å²) in [6.45, 7) is 2.80. The van der Waals surface area contributed by atoms with Crippen LogP contribution in [0.1, 0.15) is 12.5 Å². The molecule has 4 nitrogen and oxygen atoms in total. The molecule has 0 bridgehead atoms. The molecule has 0 amide bonds. The highest BCUT2D eigenvalue weighted by Gasteiger charge is 2.37. The number of nitrogens with zero attached hydrogens (tertiary/aromatic N) is 1. The van der Waals surface area contributed by atoms with Crippen molar-refractivity contribution in [1.82, 2.24) is 0 Å². The lowest BCUT2D eigenvalue weighted by atomic mass is 9.80. The Morgan fingerprint density at radius 2 is 2.20 bits per heavy atom. The van der Waals surface area contributed by atoms with Crippen molar-refractivity contribution in [3.05, 3.63) is 39.7 Å². The van der Waals surface area contributed by atoms with E-state index in [1.54, 1.807) is 0 Å². The Balaban J connectivity index is 2.38. The summed E-state index contributed by atoms with van der Waals surface area (Å²) in [5, 5.41) is 10.4. The van der Waals surface area contributed by atoms with E-state index in [4.69, 9.17) is 4.74 Å². The van der Waals surface area contributed by atoms with Gasteiger partial charge in [0.2, 0.25) is 0 Å². The van der Waals surface area contributed by atoms with E-state index < -0.39 is 10.7 Å². The Morgan fingerprint density at radius 1 is 1.53 bits per heavy atom. The Hall–Kier alpha value is -1.49. The number of ether oxygens (including phenoxy) is 1. The van der Waals surface area contributed by atoms with Crippen molar-refractivity contribution in [2.75, 3.05) is 13.2 Å². The van der Waals surface area contributed by atoms with E-state index >= 15 is 0 Å². The van der Waals surface area contributed by atoms with Crippen LogP contribution in [0.5, 0.6) is 0 Å². The molecule has 1 heterocycles. The summed E-state index contributed by atoms with van der Waals surface area (Å²) < 4.78 is 18.6. The van der Waals surface area contributed by atoms with Gasteiger partial charge in [-0.05, 0) is 11.6 Å². The number of nitro groups is 1. The van der Waals surface area contributed by atoms with Gasteiger partial charge < -0.3 is 4.74 Å². The molecule has 0 spiro atoms. The first kappa shape index (κ1) is 10.0. The van der Waals surface area contributed by atoms with Gasteiger partial charge in [-0.2, -0.15) is 0 Å². The van der Waals surface area contributed by atoms with Crippen molar-refractivity contribution < 1.29 is 14.1 Å². The van der Waals surface area contributed by atoms with Gasteiger partial charge in [-0.3, -0.25) is 10.1 Å². The van der Waals surface area contributed by atoms with Crippen LogP contribution in [-0.4, -0.2) is 18.1 Å². The molecule has 0 radical (unpaired) electrons. The predicted molar refractivity (Wildman–Crippen MR) is 51.2 cm³/mol. The van der Waals surface area contributed by atoms with E-state index in [1.807, 2.05) is 6.92 Å². The first-order chi connectivity index (χ1) is 7.03. The fraction of sp³-hybridized carbons (Fsp3) is 0.400. The van der Waals surface area contributed by atoms with Gasteiger partial charge in [-0.15, -0.1) is 0 Å². The zero-order valence-electron chi connectivity index (χ0n) is 8.20. The summed E-state index contributed by atoms with van der Waals surface area (Å²) in [4.78, 5) is 9.81. The number of halogens is 1. The number of benzene rings is 1. The fourth-order valence-electron chi connectivity index (χ4n) is 1.67. The predicted octanol–water partition coefficient (Wildman–Crippen LogP) is 2.02. The maximum Gasteiger partial charge on any atom is 0.272 e. The maximum absolute atomic E-state index is 13.6. The lowest BCUT2D eigenvalue weighted by molar-refractivity contribution is -0.385. The quantitative estimate of drug-likeness (QED) is 0.555. The normalized spacial score (nSPS) is 18.3. The van der Waals surface area contributed by atoms with Crippen LogP contribution in [0.4, 0.5) is 10.1 Å². The Morgan fingerprint density at radius 3 is 2.60 bits per heavy atom. The Bertz CT molecular complexity index is 415. The van der Waals surface area contributed by atoms with Crippen LogP contribution in [0.15, 0.2) is 18.2 Å². The first-order valence-electron chi connectivity index (χ1n) is 4.55. The number of non-ortho nitro benzene ring substituents is 1. The molecule has 0 N–H and O–H groups in total. The molecule has 1 fully saturated rings. The third-order valence-corrected chi connectivity index (χ3v) is 2.65. The minimum absolute atomic E-state index is 0.222. The van der Waals surface area contributed by atoms with Gasteiger partial charge >= 0.3 is 0 Å². The van der Waals surface area contributed by atoms with E-state index in [0.717, 1.165) is 6.07 Å². The number of rotatable bonds is 2. The summed E-state index contributed by atoms with van der Waals surface area (Å²) in [5.74, 6) is -0.532. The SMILES string of the molecule is CC1(c2ccc([N+](=O)[O-])cc2F)COC1. The van der Waals surface area contributed by atoms with Crippen molar-refractivity contribution >= 4 is 5.69 Å². The van der Waals surface area contributed by atoms with Gasteiger partial charge in [0.25, 0.3) is 5.69 Å². The first-order valence-corrected chi connectivity index (χ1v) is 4.55. The van der Waals surface area contributed by atoms with Crippen molar-refractivity contribution in [3.63, 3.8) is 0 Å². The Labute approximate surface area is 85.8 Å². The van der Waals surface area contributed by atoms with E-state index in [2.05, 4.69) is 0 Å². The van der Waals surface area contributed by atoms with Gasteiger partial charge in [0, 0.05) is 11.5 Å². The van der Waals surface area contributed by atoms with Crippen LogP contribution < -0.4 is 0 Å². The third-order valence-electron chi connectivity index (χ3n) is 2.65. The van der Waals surface area contributed by atoms with E-state index in [1.165, 1.54) is 12.1 Å². The molecule has 2 rings (SSSR count). The lowest BCUT2D eigenvalue weighted by Gasteiger charge is -2.38. The van der Waals surface area contributed by atoms with Crippen LogP contribution in [0.25, 0.3) is 0 Å². The molecule has 0 aromatic heterocycles. The molecule has 1 aromatic rings. The molecule has 1 aliphatic rings. The summed E-state index contributed by atoms with van der Waals surface area (Å²) in [6.07, 6.45) is 0. The zero-order valence-corrected chi connectivity index (χ0v) is 8.20. The van der Waals surface area contributed by atoms with Crippen LogP contribution in [0.3, 0.4) is 0 Å². The minimum Gasteiger partial charge on any atom is -0.379 e. The zero-order chi connectivity index (χ0) is 11.1. The maximum atomic E-state index is 13.6. The molecule has 0 aliphatic carbocycles. The topological polar surface area (TPSA) is 52.4 Å². The van der Waals surface area contributed by atoms with Crippen molar-refractivity contribution in [1.29, 1.82) is 0 Å². The number of hydrogen-bond donors (Lipinski definition) is 0. The van der Waals surface area contributed by atoms with Gasteiger partial charge in [-0.1, -0.05) is 6.92 Å². The highest BCUT2D eigenvalue weighted by molar-refractivity contribution is 5.38. The highest BCUT2D eigenvalue weighted by Crippen LogP contribution is 2.34. The van der Waals surface area contributed by atoms with Crippen LogP contribution in [0.2, 0.25) is 0 Å². The summed E-state index contributed by atoms with van der Waals surface area (Å²) in [6, 6.07) is 3.75. The molecule has 15 heavy (non-hydrogen) atoms. The van der Waals surface area contributed by atoms with Gasteiger partial charge in [0.1, 0.15) is 5.82 Å². The number of nitro benzene ring substituents is 1. The van der Waals surface area contributed by atoms with Crippen molar-refractivity contribution in [3.8, 4) is 0 Å². The second-order valence-corrected chi connectivity index (χ2v) is 3.97. The minimum atomic E-state index is -0.605. The fourth-order valence-corrected chi connectivity index (χ4v) is 1.67. The van der Waals surface area contributed by atoms with E-state index in [-0.39, 0.29) is 11.1 Å². The second-order valence-electron chi connectivity index (χ2n) is 3.97. The van der Waals surface area contributed by atoms with Crippen LogP contribution >= 0.6 is 0 Å². The monoisotopic (exact) mass is 211 g/mol. The van der Waals surface area contributed by atoms with E-state index in [0.29, 0.717) is 18.8 Å². The molecule has 0 atom stereocenters. The molecule has 0 unspecified atom stereocenters. The van der Waals surface area contributed by atoms with Crippen molar-refractivity contribution in [2.45, 2.75) is 12.3 Å². The van der Waals surface area contributed by atoms with E-state index in [9.17, 15) is 14.5 Å². The van der Waals surface area contributed by atoms with Crippen LogP contribution in [-0.2, 0) is 10.2 Å². The average molecular weight is 211 g/mol. The molecule has 80 valence electrons. The van der Waals surface area contributed by atoms with Crippen LogP contribution in [0, 0.1) is 15.9 Å². The molecule has 0 saturated carbocycles. The Kier molecular flexibility index (Phi) is 2.19. The summed E-state index contributed by atoms with van der Waals surface area (Å²) in [5.41, 5.74) is -0.0707. The average Bonchev–Trinajstić information content (AvgIpc) is 2.14. The standard InChI is InChI=1S/C10H10FNO3/c1-10(5-15-6-10)8-3-2-7(12(13)14)4-9(8)11/h2-4H,5-6H2,1H3. The smallest absolute Gasteiger partial charge is 0.272 e. The molecule has 1 saturated heterocycles. The second kappa shape index (κ2) is 3.27. The third kappa shape index (κ3) is 1.59. The molecule has 5 heteroatoms. The van der Waals surface area contributed by atoms with Gasteiger partial charge in [0.15, 0.2) is 0 Å². The molecular formula is C10H10FNO3. The molecular weight excluding hydrogens is 201 g/mol. The summed E-state index contributed by atoms with van der Waals surface area (Å²) >= 11 is 0.